The molecule has 49 heavy (non-hydrogen) atoms. The minimum Gasteiger partial charge on any atom is -0.503 e. The van der Waals surface area contributed by atoms with Gasteiger partial charge in [-0.2, -0.15) is 10.1 Å². The van der Waals surface area contributed by atoms with E-state index in [0.717, 1.165) is 5.01 Å². The van der Waals surface area contributed by atoms with Crippen molar-refractivity contribution in [2.24, 2.45) is 23.7 Å². The summed E-state index contributed by atoms with van der Waals surface area (Å²) in [6, 6.07) is 13.0. The quantitative estimate of drug-likeness (QED) is 0.142. The van der Waals surface area contributed by atoms with Gasteiger partial charge in [-0.1, -0.05) is 47.0 Å². The maximum atomic E-state index is 15.3. The number of nitrogens with one attached hydrogen (secondary N) is 1. The van der Waals surface area contributed by atoms with Gasteiger partial charge in [0.15, 0.2) is 11.5 Å². The number of aromatic hydroxyl groups is 1. The molecule has 2 heterocycles. The monoisotopic (exact) mass is 833 g/mol. The van der Waals surface area contributed by atoms with Crippen molar-refractivity contribution in [3.63, 3.8) is 0 Å². The number of imide groups is 2. The van der Waals surface area contributed by atoms with Gasteiger partial charge < -0.3 is 14.6 Å². The van der Waals surface area contributed by atoms with Crippen LogP contribution in [-0.4, -0.2) is 58.2 Å². The van der Waals surface area contributed by atoms with E-state index in [2.05, 4.69) is 37.3 Å². The van der Waals surface area contributed by atoms with E-state index in [-0.39, 0.29) is 44.6 Å². The third-order valence-corrected chi connectivity index (χ3v) is 13.0. The third-order valence-electron chi connectivity index (χ3n) is 10.3. The zero-order chi connectivity index (χ0) is 35.1. The molecule has 3 fully saturated rings. The summed E-state index contributed by atoms with van der Waals surface area (Å²) >= 11 is 19.7. The Bertz CT molecular complexity index is 1990. The van der Waals surface area contributed by atoms with Crippen LogP contribution in [0.5, 0.6) is 17.2 Å². The SMILES string of the molecule is COc1ccc(C23C(=O)N(Nc4ccc(Cl)cc4Cl)C(=O)C2CC2C(=CCC4C(=O)N(O)C(=O)C42)C3c2cc(OC)c(O)c(Br)c2Br)cc1. The molecule has 0 bridgehead atoms. The van der Waals surface area contributed by atoms with Gasteiger partial charge in [0.05, 0.1) is 52.6 Å². The number of hydroxylamine groups is 2. The second-order valence-electron chi connectivity index (χ2n) is 12.3. The predicted molar refractivity (Wildman–Crippen MR) is 184 cm³/mol. The van der Waals surface area contributed by atoms with Crippen LogP contribution < -0.4 is 14.9 Å². The van der Waals surface area contributed by atoms with Crippen LogP contribution in [0.25, 0.3) is 0 Å². The first-order chi connectivity index (χ1) is 23.4. The Morgan fingerprint density at radius 2 is 1.63 bits per heavy atom. The molecule has 0 spiro atoms. The maximum absolute atomic E-state index is 15.3. The van der Waals surface area contributed by atoms with E-state index in [1.807, 2.05) is 6.08 Å². The van der Waals surface area contributed by atoms with E-state index >= 15 is 4.79 Å². The van der Waals surface area contributed by atoms with Gasteiger partial charge in [-0.25, -0.2) is 0 Å². The Hall–Kier alpha value is -3.62. The molecule has 3 aromatic carbocycles. The van der Waals surface area contributed by atoms with Crippen LogP contribution in [0.1, 0.15) is 29.9 Å². The highest BCUT2D eigenvalue weighted by molar-refractivity contribution is 9.13. The Kier molecular flexibility index (Phi) is 8.50. The summed E-state index contributed by atoms with van der Waals surface area (Å²) in [5, 5.41) is 23.0. The Morgan fingerprint density at radius 3 is 2.29 bits per heavy atom. The molecule has 4 amide bonds. The third kappa shape index (κ3) is 4.84. The largest absolute Gasteiger partial charge is 0.503 e. The number of rotatable bonds is 6. The number of carbonyl (C=O) groups excluding carboxylic acids is 4. The van der Waals surface area contributed by atoms with Gasteiger partial charge in [-0.15, -0.1) is 0 Å². The summed E-state index contributed by atoms with van der Waals surface area (Å²) in [5.41, 5.74) is 3.15. The van der Waals surface area contributed by atoms with Gasteiger partial charge in [-0.05, 0) is 98.1 Å². The second kappa shape index (κ2) is 12.3. The topological polar surface area (TPSA) is 146 Å². The van der Waals surface area contributed by atoms with Crippen molar-refractivity contribution in [2.75, 3.05) is 19.6 Å². The number of halogens is 4. The number of allylic oxidation sites excluding steroid dienone is 2. The van der Waals surface area contributed by atoms with E-state index < -0.39 is 58.6 Å². The zero-order valence-corrected chi connectivity index (χ0v) is 30.4. The number of anilines is 1. The standard InChI is InChI=1S/C34H27Br2Cl2N3O8/c1-48-16-6-3-14(4-7-16)34-21(31(44)40(33(34)46)39-23-10-5-15(37)11-22(23)38)12-19-17(8-9-18-25(19)32(45)41(47)30(18)43)26(34)20-13-24(49-2)29(42)28(36)27(20)35/h3-8,10-11,13,18-19,21,25-26,39,42,47H,9,12H2,1-2H3. The number of phenolic OH excluding ortho intramolecular Hbond substituents is 1. The van der Waals surface area contributed by atoms with Gasteiger partial charge >= 0.3 is 0 Å². The molecule has 254 valence electrons. The normalized spacial score (nSPS) is 27.5. The molecule has 1 saturated carbocycles. The number of fused-ring (bicyclic) bond motifs is 4. The van der Waals surface area contributed by atoms with Crippen molar-refractivity contribution in [3.05, 3.63) is 90.3 Å². The fourth-order valence-electron chi connectivity index (χ4n) is 8.15. The van der Waals surface area contributed by atoms with E-state index in [9.17, 15) is 24.7 Å². The number of hydrogen-bond donors (Lipinski definition) is 3. The van der Waals surface area contributed by atoms with E-state index in [1.165, 1.54) is 20.3 Å². The van der Waals surface area contributed by atoms with Crippen LogP contribution in [-0.2, 0) is 24.6 Å². The van der Waals surface area contributed by atoms with Crippen molar-refractivity contribution in [1.29, 1.82) is 0 Å². The molecule has 6 unspecified atom stereocenters. The van der Waals surface area contributed by atoms with Crippen LogP contribution in [0.4, 0.5) is 5.69 Å². The minimum atomic E-state index is -1.64. The fraction of sp³-hybridized carbons (Fsp3) is 0.294. The molecule has 3 aromatic rings. The lowest BCUT2D eigenvalue weighted by molar-refractivity contribution is -0.173. The molecule has 0 aromatic heterocycles. The molecule has 2 aliphatic heterocycles. The number of phenols is 1. The molecule has 2 aliphatic carbocycles. The van der Waals surface area contributed by atoms with Crippen molar-refractivity contribution in [1.82, 2.24) is 10.1 Å². The Morgan fingerprint density at radius 1 is 0.918 bits per heavy atom. The van der Waals surface area contributed by atoms with Gasteiger partial charge in [-0.3, -0.25) is 29.8 Å². The van der Waals surface area contributed by atoms with Gasteiger partial charge in [0.2, 0.25) is 0 Å². The number of nitrogens with zero attached hydrogens (tertiary/aromatic N) is 2. The predicted octanol–water partition coefficient (Wildman–Crippen LogP) is 6.62. The van der Waals surface area contributed by atoms with Crippen molar-refractivity contribution >= 4 is 84.4 Å². The molecule has 3 N–H and O–H groups in total. The lowest BCUT2D eigenvalue weighted by Gasteiger charge is -2.51. The van der Waals surface area contributed by atoms with Gasteiger partial charge in [0.25, 0.3) is 23.6 Å². The summed E-state index contributed by atoms with van der Waals surface area (Å²) in [7, 11) is 2.90. The number of ether oxygens (including phenoxy) is 2. The van der Waals surface area contributed by atoms with Gasteiger partial charge in [0.1, 0.15) is 5.75 Å². The van der Waals surface area contributed by atoms with Crippen LogP contribution in [0.3, 0.4) is 0 Å². The smallest absolute Gasteiger partial charge is 0.260 e. The van der Waals surface area contributed by atoms with Crippen LogP contribution in [0.15, 0.2) is 69.1 Å². The molecule has 7 rings (SSSR count). The number of amides is 4. The highest BCUT2D eigenvalue weighted by Crippen LogP contribution is 2.65. The zero-order valence-electron chi connectivity index (χ0n) is 25.7. The van der Waals surface area contributed by atoms with Crippen molar-refractivity contribution in [3.8, 4) is 17.2 Å². The number of hydrazine groups is 1. The highest BCUT2D eigenvalue weighted by Gasteiger charge is 2.70. The summed E-state index contributed by atoms with van der Waals surface area (Å²) in [6.45, 7) is 0. The average Bonchev–Trinajstić information content (AvgIpc) is 3.45. The number of hydrogen-bond acceptors (Lipinski definition) is 9. The Balaban J connectivity index is 1.52. The molecule has 0 radical (unpaired) electrons. The lowest BCUT2D eigenvalue weighted by Crippen LogP contribution is -2.53. The maximum Gasteiger partial charge on any atom is 0.260 e. The molecular formula is C34H27Br2Cl2N3O8. The summed E-state index contributed by atoms with van der Waals surface area (Å²) in [5.74, 6) is -6.78. The molecule has 2 saturated heterocycles. The van der Waals surface area contributed by atoms with E-state index in [0.29, 0.717) is 31.9 Å². The summed E-state index contributed by atoms with van der Waals surface area (Å²) in [4.78, 5) is 56.5. The lowest BCUT2D eigenvalue weighted by atomic mass is 9.49. The van der Waals surface area contributed by atoms with Crippen molar-refractivity contribution in [2.45, 2.75) is 24.2 Å². The highest BCUT2D eigenvalue weighted by atomic mass is 79.9. The molecular weight excluding hydrogens is 809 g/mol. The second-order valence-corrected chi connectivity index (χ2v) is 14.8. The average molecular weight is 836 g/mol. The first kappa shape index (κ1) is 33.9. The van der Waals surface area contributed by atoms with Gasteiger partial charge in [0, 0.05) is 15.4 Å². The first-order valence-corrected chi connectivity index (χ1v) is 17.5. The summed E-state index contributed by atoms with van der Waals surface area (Å²) < 4.78 is 11.6. The number of carbonyl (C=O) groups is 4. The fourth-order valence-corrected chi connectivity index (χ4v) is 9.55. The summed E-state index contributed by atoms with van der Waals surface area (Å²) in [6.07, 6.45) is 1.97. The molecule has 15 heteroatoms. The minimum absolute atomic E-state index is 0.00744. The number of methoxy groups -OCH3 is 2. The molecule has 4 aliphatic rings. The van der Waals surface area contributed by atoms with E-state index in [1.54, 1.807) is 42.5 Å². The first-order valence-electron chi connectivity index (χ1n) is 15.1. The Labute approximate surface area is 306 Å². The molecule has 11 nitrogen and oxygen atoms in total. The van der Waals surface area contributed by atoms with E-state index in [4.69, 9.17) is 32.7 Å². The molecule has 6 atom stereocenters. The van der Waals surface area contributed by atoms with Crippen LogP contribution >= 0.6 is 55.1 Å². The van der Waals surface area contributed by atoms with Crippen molar-refractivity contribution < 1.29 is 39.0 Å². The van der Waals surface area contributed by atoms with Crippen LogP contribution in [0.2, 0.25) is 10.0 Å². The van der Waals surface area contributed by atoms with Crippen LogP contribution in [0, 0.1) is 23.7 Å². The number of benzene rings is 3.